The van der Waals surface area contributed by atoms with Gasteiger partial charge >= 0.3 is 0 Å². The minimum atomic E-state index is -0.225. The molecular formula is C40H50N8O4. The van der Waals surface area contributed by atoms with Gasteiger partial charge in [0.1, 0.15) is 30.0 Å². The molecule has 1 amide bonds. The first-order valence-electron chi connectivity index (χ1n) is 18.6. The molecule has 0 spiro atoms. The van der Waals surface area contributed by atoms with Gasteiger partial charge in [0.2, 0.25) is 11.9 Å². The molecule has 2 aliphatic rings. The zero-order chi connectivity index (χ0) is 36.2. The molecule has 1 aliphatic carbocycles. The van der Waals surface area contributed by atoms with Crippen molar-refractivity contribution in [3.05, 3.63) is 83.9 Å². The number of fused-ring (bicyclic) bond motifs is 2. The lowest BCUT2D eigenvalue weighted by molar-refractivity contribution is -0.116. The van der Waals surface area contributed by atoms with Crippen LogP contribution < -0.4 is 19.7 Å². The minimum absolute atomic E-state index is 0.0543. The van der Waals surface area contributed by atoms with Crippen molar-refractivity contribution in [1.82, 2.24) is 29.4 Å². The summed E-state index contributed by atoms with van der Waals surface area (Å²) in [5.74, 6) is 3.08. The van der Waals surface area contributed by atoms with Gasteiger partial charge in [-0.25, -0.2) is 4.68 Å². The van der Waals surface area contributed by atoms with E-state index in [0.29, 0.717) is 35.6 Å². The molecule has 1 saturated heterocycles. The van der Waals surface area contributed by atoms with Gasteiger partial charge in [0, 0.05) is 36.6 Å². The van der Waals surface area contributed by atoms with E-state index in [1.165, 1.54) is 24.0 Å². The van der Waals surface area contributed by atoms with Gasteiger partial charge in [0.05, 0.1) is 36.6 Å². The Hall–Kier alpha value is -4.97. The van der Waals surface area contributed by atoms with Gasteiger partial charge in [-0.2, -0.15) is 5.10 Å². The van der Waals surface area contributed by atoms with Crippen LogP contribution in [0.3, 0.4) is 0 Å². The monoisotopic (exact) mass is 706 g/mol. The number of pyridine rings is 2. The van der Waals surface area contributed by atoms with E-state index in [0.717, 1.165) is 61.7 Å². The Morgan fingerprint density at radius 1 is 1.00 bits per heavy atom. The standard InChI is InChI=1S/C40H50N8O4/c1-27-10-7-8-19-46(27)39-44-43-36-18-16-30(26-47(36)39)52-34-17-15-28(32-12-5-6-13-33(32)34)11-9-14-38(50)42-37-23-35(40(2,3)4)45-48(37)29-22-31(25-41-24-29)51-21-20-49/h5-6,12-13,16,18,22-28,34,49H,7-11,14-15,17,19-21H2,1-4H3,(H,42,50)/t27-,28-,34+/m0/s1. The number of benzene rings is 1. The Morgan fingerprint density at radius 2 is 1.85 bits per heavy atom. The lowest BCUT2D eigenvalue weighted by Gasteiger charge is -2.33. The first kappa shape index (κ1) is 35.4. The normalized spacial score (nSPS) is 19.0. The highest BCUT2D eigenvalue weighted by Gasteiger charge is 2.29. The van der Waals surface area contributed by atoms with Crippen LogP contribution in [0, 0.1) is 0 Å². The number of hydrogen-bond acceptors (Lipinski definition) is 9. The third-order valence-corrected chi connectivity index (χ3v) is 10.3. The molecule has 0 unspecified atom stereocenters. The molecule has 5 heterocycles. The first-order valence-corrected chi connectivity index (χ1v) is 18.6. The van der Waals surface area contributed by atoms with E-state index in [1.54, 1.807) is 23.1 Å². The largest absolute Gasteiger partial charge is 0.490 e. The summed E-state index contributed by atoms with van der Waals surface area (Å²) in [7, 11) is 0. The maximum Gasteiger partial charge on any atom is 0.232 e. The van der Waals surface area contributed by atoms with Crippen LogP contribution in [0.1, 0.15) is 108 Å². The summed E-state index contributed by atoms with van der Waals surface area (Å²) in [6.45, 7) is 9.59. The molecule has 0 saturated carbocycles. The SMILES string of the molecule is C[C@H]1CCCCN1c1nnc2ccc(O[C@@H]3CC[C@H](CCCC(=O)Nc4cc(C(C)(C)C)nn4-c4cncc(OCCO)c4)c4ccccc43)cn12. The number of carbonyl (C=O) groups excluding carboxylic acids is 1. The van der Waals surface area contributed by atoms with Crippen molar-refractivity contribution in [2.24, 2.45) is 0 Å². The van der Waals surface area contributed by atoms with Crippen molar-refractivity contribution in [3.63, 3.8) is 0 Å². The topological polar surface area (TPSA) is 132 Å². The molecule has 5 aromatic rings. The van der Waals surface area contributed by atoms with Crippen LogP contribution in [0.25, 0.3) is 11.3 Å². The number of aliphatic hydroxyl groups is 1. The second-order valence-corrected chi connectivity index (χ2v) is 15.1. The molecule has 12 nitrogen and oxygen atoms in total. The Bertz CT molecular complexity index is 2000. The highest BCUT2D eigenvalue weighted by atomic mass is 16.5. The smallest absolute Gasteiger partial charge is 0.232 e. The molecule has 0 bridgehead atoms. The van der Waals surface area contributed by atoms with Gasteiger partial charge in [0.15, 0.2) is 5.65 Å². The highest BCUT2D eigenvalue weighted by Crippen LogP contribution is 2.42. The number of amides is 1. The molecule has 2 N–H and O–H groups in total. The van der Waals surface area contributed by atoms with E-state index in [9.17, 15) is 4.79 Å². The van der Waals surface area contributed by atoms with E-state index < -0.39 is 0 Å². The summed E-state index contributed by atoms with van der Waals surface area (Å²) in [4.78, 5) is 20.0. The Morgan fingerprint density at radius 3 is 2.65 bits per heavy atom. The molecule has 12 heteroatoms. The summed E-state index contributed by atoms with van der Waals surface area (Å²) in [6, 6.07) is 16.7. The van der Waals surface area contributed by atoms with E-state index in [4.69, 9.17) is 19.7 Å². The van der Waals surface area contributed by atoms with Gasteiger partial charge in [0.25, 0.3) is 0 Å². The number of anilines is 2. The van der Waals surface area contributed by atoms with Gasteiger partial charge in [-0.1, -0.05) is 45.0 Å². The predicted molar refractivity (Wildman–Crippen MR) is 201 cm³/mol. The fourth-order valence-corrected chi connectivity index (χ4v) is 7.46. The molecule has 1 aromatic carbocycles. The third kappa shape index (κ3) is 7.77. The first-order chi connectivity index (χ1) is 25.2. The second-order valence-electron chi connectivity index (χ2n) is 15.1. The quantitative estimate of drug-likeness (QED) is 0.139. The number of rotatable bonds is 12. The van der Waals surface area contributed by atoms with Crippen molar-refractivity contribution >= 4 is 23.3 Å². The zero-order valence-electron chi connectivity index (χ0n) is 30.7. The van der Waals surface area contributed by atoms with Crippen LogP contribution in [0.2, 0.25) is 0 Å². The average molecular weight is 707 g/mol. The maximum absolute atomic E-state index is 13.4. The van der Waals surface area contributed by atoms with E-state index in [1.807, 2.05) is 24.4 Å². The van der Waals surface area contributed by atoms with Crippen LogP contribution >= 0.6 is 0 Å². The number of nitrogens with one attached hydrogen (secondary N) is 1. The summed E-state index contributed by atoms with van der Waals surface area (Å²) < 4.78 is 16.0. The van der Waals surface area contributed by atoms with Crippen LogP contribution in [0.15, 0.2) is 67.1 Å². The number of hydrogen-bond donors (Lipinski definition) is 2. The predicted octanol–water partition coefficient (Wildman–Crippen LogP) is 7.16. The highest BCUT2D eigenvalue weighted by molar-refractivity contribution is 5.90. The van der Waals surface area contributed by atoms with Crippen molar-refractivity contribution in [3.8, 4) is 17.2 Å². The lowest BCUT2D eigenvalue weighted by atomic mass is 9.79. The maximum atomic E-state index is 13.4. The third-order valence-electron chi connectivity index (χ3n) is 10.3. The summed E-state index contributed by atoms with van der Waals surface area (Å²) in [5.41, 5.74) is 4.62. The fourth-order valence-electron chi connectivity index (χ4n) is 7.46. The fraction of sp³-hybridized carbons (Fsp3) is 0.475. The number of aliphatic hydroxyl groups excluding tert-OH is 1. The van der Waals surface area contributed by atoms with Crippen molar-refractivity contribution in [2.45, 2.75) is 103 Å². The summed E-state index contributed by atoms with van der Waals surface area (Å²) in [6.07, 6.45) is 12.8. The van der Waals surface area contributed by atoms with Gasteiger partial charge in [-0.15, -0.1) is 10.2 Å². The summed E-state index contributed by atoms with van der Waals surface area (Å²) in [5, 5.41) is 26.1. The van der Waals surface area contributed by atoms with E-state index in [-0.39, 0.29) is 30.6 Å². The number of piperidine rings is 1. The van der Waals surface area contributed by atoms with Crippen molar-refractivity contribution < 1.29 is 19.4 Å². The molecule has 1 fully saturated rings. The molecule has 1 aliphatic heterocycles. The molecular weight excluding hydrogens is 656 g/mol. The van der Waals surface area contributed by atoms with Crippen molar-refractivity contribution in [2.75, 3.05) is 30.0 Å². The molecule has 274 valence electrons. The Labute approximate surface area is 305 Å². The van der Waals surface area contributed by atoms with Crippen molar-refractivity contribution in [1.29, 1.82) is 0 Å². The van der Waals surface area contributed by atoms with Crippen LogP contribution in [-0.4, -0.2) is 66.2 Å². The van der Waals surface area contributed by atoms with Crippen LogP contribution in [0.5, 0.6) is 11.5 Å². The van der Waals surface area contributed by atoms with Gasteiger partial charge < -0.3 is 24.8 Å². The molecule has 0 radical (unpaired) electrons. The van der Waals surface area contributed by atoms with Gasteiger partial charge in [-0.05, 0) is 81.0 Å². The van der Waals surface area contributed by atoms with E-state index in [2.05, 4.69) is 81.8 Å². The Balaban J connectivity index is 1.00. The molecule has 7 rings (SSSR count). The van der Waals surface area contributed by atoms with Crippen LogP contribution in [-0.2, 0) is 10.2 Å². The second kappa shape index (κ2) is 15.3. The Kier molecular flexibility index (Phi) is 10.4. The minimum Gasteiger partial charge on any atom is -0.490 e. The number of aromatic nitrogens is 6. The van der Waals surface area contributed by atoms with Gasteiger partial charge in [-0.3, -0.25) is 14.2 Å². The van der Waals surface area contributed by atoms with Crippen LogP contribution in [0.4, 0.5) is 11.8 Å². The number of carbonyl (C=O) groups is 1. The summed E-state index contributed by atoms with van der Waals surface area (Å²) >= 11 is 0. The number of ether oxygens (including phenoxy) is 2. The molecule has 4 aromatic heterocycles. The molecule has 52 heavy (non-hydrogen) atoms. The average Bonchev–Trinajstić information content (AvgIpc) is 3.76. The van der Waals surface area contributed by atoms with E-state index >= 15 is 0 Å². The molecule has 3 atom stereocenters. The zero-order valence-corrected chi connectivity index (χ0v) is 30.7. The number of nitrogens with zero attached hydrogens (tertiary/aromatic N) is 7. The lowest BCUT2D eigenvalue weighted by Crippen LogP contribution is -2.38.